The number of aliphatic hydroxyl groups is 1. The van der Waals surface area contributed by atoms with Gasteiger partial charge in [-0.3, -0.25) is 14.1 Å². The van der Waals surface area contributed by atoms with E-state index in [1.807, 2.05) is 30.3 Å². The minimum atomic E-state index is -4.44. The highest BCUT2D eigenvalue weighted by Crippen LogP contribution is 2.49. The molecule has 0 fully saturated rings. The summed E-state index contributed by atoms with van der Waals surface area (Å²) in [5, 5.41) is 14.0. The van der Waals surface area contributed by atoms with Crippen LogP contribution >= 0.6 is 7.52 Å². The molecule has 3 aromatic carbocycles. The van der Waals surface area contributed by atoms with E-state index in [-0.39, 0.29) is 33.8 Å². The number of ketones is 1. The fourth-order valence-electron chi connectivity index (χ4n) is 4.82. The van der Waals surface area contributed by atoms with Crippen molar-refractivity contribution >= 4 is 51.6 Å². The molecule has 3 aromatic rings. The van der Waals surface area contributed by atoms with E-state index < -0.39 is 28.7 Å². The van der Waals surface area contributed by atoms with Crippen molar-refractivity contribution in [2.45, 2.75) is 18.8 Å². The molecule has 0 aromatic heterocycles. The number of fused-ring (bicyclic) bond motifs is 2. The highest BCUT2D eigenvalue weighted by molar-refractivity contribution is 7.92. The van der Waals surface area contributed by atoms with Crippen molar-refractivity contribution in [3.05, 3.63) is 95.1 Å². The Morgan fingerprint density at radius 1 is 1.05 bits per heavy atom. The molecule has 0 amide bonds. The van der Waals surface area contributed by atoms with E-state index in [2.05, 4.69) is 14.8 Å². The monoisotopic (exact) mass is 537 g/mol. The van der Waals surface area contributed by atoms with Gasteiger partial charge in [-0.25, -0.2) is 8.42 Å². The highest BCUT2D eigenvalue weighted by Gasteiger charge is 2.47. The number of sulfonamides is 1. The molecule has 1 aliphatic heterocycles. The average molecular weight is 538 g/mol. The summed E-state index contributed by atoms with van der Waals surface area (Å²) in [6.45, 7) is 1.78. The van der Waals surface area contributed by atoms with E-state index in [0.717, 1.165) is 11.8 Å². The number of hydrogen-bond acceptors (Lipinski definition) is 6. The number of nitrogens with one attached hydrogen (secondary N) is 2. The summed E-state index contributed by atoms with van der Waals surface area (Å²) < 4.78 is 42.7. The number of aliphatic hydroxyl groups excluding tert-OH is 1. The predicted molar refractivity (Wildman–Crippen MR) is 144 cm³/mol. The van der Waals surface area contributed by atoms with Crippen LogP contribution in [0.4, 0.5) is 11.4 Å². The van der Waals surface area contributed by atoms with Gasteiger partial charge < -0.3 is 15.3 Å². The first kappa shape index (κ1) is 25.0. The van der Waals surface area contributed by atoms with E-state index >= 15 is 0 Å². The Morgan fingerprint density at radius 3 is 2.43 bits per heavy atom. The van der Waals surface area contributed by atoms with Gasteiger partial charge in [0.25, 0.3) is 0 Å². The third-order valence-electron chi connectivity index (χ3n) is 6.48. The van der Waals surface area contributed by atoms with Crippen LogP contribution in [0.15, 0.2) is 83.1 Å². The summed E-state index contributed by atoms with van der Waals surface area (Å²) >= 11 is 0. The molecule has 5 rings (SSSR count). The number of carbonyl (C=O) groups is 1. The Hall–Kier alpha value is -3.72. The Kier molecular flexibility index (Phi) is 5.86. The number of Topliss-reactive ketones (excluding diaryl/α,β-unsaturated/α-hetero) is 1. The molecule has 0 radical (unpaired) electrons. The number of anilines is 2. The second-order valence-corrected chi connectivity index (χ2v) is 12.8. The molecule has 0 saturated carbocycles. The van der Waals surface area contributed by atoms with Gasteiger partial charge in [0, 0.05) is 11.3 Å². The summed E-state index contributed by atoms with van der Waals surface area (Å²) in [6, 6.07) is 20.5. The molecule has 1 aliphatic carbocycles. The van der Waals surface area contributed by atoms with Crippen LogP contribution < -0.4 is 15.3 Å². The van der Waals surface area contributed by atoms with Gasteiger partial charge in [-0.15, -0.1) is 0 Å². The van der Waals surface area contributed by atoms with Crippen molar-refractivity contribution in [3.63, 3.8) is 0 Å². The van der Waals surface area contributed by atoms with Crippen molar-refractivity contribution in [1.82, 2.24) is 0 Å². The Balaban J connectivity index is 1.63. The summed E-state index contributed by atoms with van der Waals surface area (Å²) in [4.78, 5) is 24.9. The van der Waals surface area contributed by atoms with Gasteiger partial charge in [0.2, 0.25) is 10.0 Å². The molecule has 190 valence electrons. The number of amidine groups is 1. The summed E-state index contributed by atoms with van der Waals surface area (Å²) in [6.07, 6.45) is 1.30. The molecule has 0 spiro atoms. The number of carbonyl (C=O) groups excluding carboxylic acids is 1. The van der Waals surface area contributed by atoms with Crippen LogP contribution in [0.3, 0.4) is 0 Å². The van der Waals surface area contributed by atoms with E-state index in [4.69, 9.17) is 0 Å². The van der Waals surface area contributed by atoms with Gasteiger partial charge in [0.05, 0.1) is 22.7 Å². The first-order valence-corrected chi connectivity index (χ1v) is 14.8. The third-order valence-corrected chi connectivity index (χ3v) is 8.56. The molecule has 2 aliphatic rings. The second kappa shape index (κ2) is 8.69. The van der Waals surface area contributed by atoms with Gasteiger partial charge in [-0.1, -0.05) is 54.6 Å². The first-order chi connectivity index (χ1) is 17.4. The van der Waals surface area contributed by atoms with Crippen molar-refractivity contribution in [3.8, 4) is 0 Å². The van der Waals surface area contributed by atoms with E-state index in [1.54, 1.807) is 31.2 Å². The first-order valence-electron chi connectivity index (χ1n) is 11.3. The number of benzene rings is 3. The van der Waals surface area contributed by atoms with Crippen LogP contribution in [0.5, 0.6) is 0 Å². The Labute approximate surface area is 214 Å². The molecular weight excluding hydrogens is 513 g/mol. The Morgan fingerprint density at radius 2 is 1.73 bits per heavy atom. The van der Waals surface area contributed by atoms with Crippen molar-refractivity contribution in [2.24, 2.45) is 4.76 Å². The smallest absolute Gasteiger partial charge is 0.346 e. The molecule has 1 heterocycles. The quantitative estimate of drug-likeness (QED) is 0.363. The topological polar surface area (TPSA) is 145 Å². The maximum atomic E-state index is 14.1. The minimum Gasteiger partial charge on any atom is -0.506 e. The zero-order valence-corrected chi connectivity index (χ0v) is 21.7. The van der Waals surface area contributed by atoms with E-state index in [9.17, 15) is 27.8 Å². The van der Waals surface area contributed by atoms with Crippen LogP contribution in [0.25, 0.3) is 5.76 Å². The zero-order chi connectivity index (χ0) is 26.6. The van der Waals surface area contributed by atoms with Crippen molar-refractivity contribution < 1.29 is 27.8 Å². The molecule has 0 saturated heterocycles. The van der Waals surface area contributed by atoms with Gasteiger partial charge in [0.15, 0.2) is 5.78 Å². The summed E-state index contributed by atoms with van der Waals surface area (Å²) in [7, 11) is -8.06. The fraction of sp³-hybridized carbons (Fsp3) is 0.154. The molecule has 37 heavy (non-hydrogen) atoms. The second-order valence-electron chi connectivity index (χ2n) is 9.32. The SMILES string of the molecule is CC1(Cc2ccccc2)C(=O)C(C2=NP(=O)(O)c3cc(NS(C)(=O)=O)ccc3N2)=C(O)c2ccccc21. The van der Waals surface area contributed by atoms with Gasteiger partial charge in [-0.2, -0.15) is 4.76 Å². The molecule has 0 bridgehead atoms. The third kappa shape index (κ3) is 4.48. The van der Waals surface area contributed by atoms with Crippen LogP contribution in [0.1, 0.15) is 23.6 Å². The van der Waals surface area contributed by atoms with Crippen LogP contribution in [0, 0.1) is 0 Å². The van der Waals surface area contributed by atoms with Crippen LogP contribution in [-0.2, 0) is 31.2 Å². The lowest BCUT2D eigenvalue weighted by molar-refractivity contribution is -0.120. The van der Waals surface area contributed by atoms with Crippen LogP contribution in [0.2, 0.25) is 0 Å². The summed E-state index contributed by atoms with van der Waals surface area (Å²) in [5.74, 6) is -1.01. The number of hydrogen-bond donors (Lipinski definition) is 4. The number of nitrogens with zero attached hydrogens (tertiary/aromatic N) is 1. The predicted octanol–water partition coefficient (Wildman–Crippen LogP) is 3.75. The average Bonchev–Trinajstić information content (AvgIpc) is 2.83. The molecule has 4 N–H and O–H groups in total. The Bertz CT molecular complexity index is 1670. The maximum absolute atomic E-state index is 14.1. The van der Waals surface area contributed by atoms with Gasteiger partial charge >= 0.3 is 7.52 Å². The molecule has 2 atom stereocenters. The fourth-order valence-corrected chi connectivity index (χ4v) is 6.66. The summed E-state index contributed by atoms with van der Waals surface area (Å²) in [5.41, 5.74) is 0.985. The van der Waals surface area contributed by atoms with Crippen LogP contribution in [-0.4, -0.2) is 36.3 Å². The lowest BCUT2D eigenvalue weighted by Gasteiger charge is -2.36. The minimum absolute atomic E-state index is 0.0937. The maximum Gasteiger partial charge on any atom is 0.346 e. The highest BCUT2D eigenvalue weighted by atomic mass is 32.2. The lowest BCUT2D eigenvalue weighted by atomic mass is 9.66. The molecule has 11 heteroatoms. The van der Waals surface area contributed by atoms with Crippen molar-refractivity contribution in [2.75, 3.05) is 16.3 Å². The standard InChI is InChI=1S/C26H24N3O6PS/c1-26(15-16-8-4-3-5-9-16)19-11-7-6-10-18(19)23(30)22(24(26)31)25-27-20-13-12-17(29-37(2,34)35)14-21(20)36(32,33)28-25/h3-14,29-30H,15H2,1-2H3,(H2,27,28,32,33). The van der Waals surface area contributed by atoms with Crippen molar-refractivity contribution in [1.29, 1.82) is 0 Å². The van der Waals surface area contributed by atoms with E-state index in [0.29, 0.717) is 17.5 Å². The largest absolute Gasteiger partial charge is 0.506 e. The van der Waals surface area contributed by atoms with Gasteiger partial charge in [-0.05, 0) is 42.7 Å². The molecule has 9 nitrogen and oxygen atoms in total. The van der Waals surface area contributed by atoms with E-state index in [1.165, 1.54) is 18.2 Å². The van der Waals surface area contributed by atoms with Gasteiger partial charge in [0.1, 0.15) is 17.2 Å². The molecule has 2 unspecified atom stereocenters. The normalized spacial score (nSPS) is 23.0. The molecular formula is C26H24N3O6PS. The zero-order valence-electron chi connectivity index (χ0n) is 20.0. The number of rotatable bonds is 5. The lowest BCUT2D eigenvalue weighted by Crippen LogP contribution is -2.43.